The van der Waals surface area contributed by atoms with Crippen LogP contribution in [0.15, 0.2) is 60.7 Å². The van der Waals surface area contributed by atoms with Crippen molar-refractivity contribution in [3.63, 3.8) is 0 Å². The van der Waals surface area contributed by atoms with E-state index in [1.807, 2.05) is 30.3 Å². The molecule has 1 fully saturated rings. The van der Waals surface area contributed by atoms with Gasteiger partial charge in [-0.3, -0.25) is 0 Å². The maximum Gasteiger partial charge on any atom is 0.0654 e. The second-order valence-electron chi connectivity index (χ2n) is 6.84. The van der Waals surface area contributed by atoms with Crippen LogP contribution in [0.25, 0.3) is 6.08 Å². The normalized spacial score (nSPS) is 23.8. The van der Waals surface area contributed by atoms with Gasteiger partial charge in [-0.2, -0.15) is 0 Å². The predicted octanol–water partition coefficient (Wildman–Crippen LogP) is 5.21. The number of hydrogen-bond acceptors (Lipinski definition) is 2. The molecule has 0 spiro atoms. The highest BCUT2D eigenvalue weighted by Gasteiger charge is 2.36. The second-order valence-corrected chi connectivity index (χ2v) is 7.28. The molecular weight excluding hydrogens is 330 g/mol. The van der Waals surface area contributed by atoms with Crippen molar-refractivity contribution in [2.45, 2.75) is 37.2 Å². The summed E-state index contributed by atoms with van der Waals surface area (Å²) in [5.74, 6) is 0. The zero-order valence-electron chi connectivity index (χ0n) is 14.5. The van der Waals surface area contributed by atoms with Crippen LogP contribution in [-0.4, -0.2) is 19.3 Å². The van der Waals surface area contributed by atoms with Gasteiger partial charge >= 0.3 is 0 Å². The van der Waals surface area contributed by atoms with E-state index in [-0.39, 0.29) is 5.41 Å². The first-order valence-electron chi connectivity index (χ1n) is 9.01. The molecule has 0 atom stereocenters. The summed E-state index contributed by atoms with van der Waals surface area (Å²) >= 11 is 6.17. The first kappa shape index (κ1) is 18.2. The molecule has 2 nitrogen and oxygen atoms in total. The van der Waals surface area contributed by atoms with Gasteiger partial charge in [-0.15, -0.1) is 0 Å². The van der Waals surface area contributed by atoms with Crippen LogP contribution in [0.5, 0.6) is 0 Å². The minimum atomic E-state index is 0.0463. The molecule has 0 aromatic heterocycles. The Hall–Kier alpha value is -1.61. The van der Waals surface area contributed by atoms with Crippen LogP contribution in [-0.2, 0) is 10.2 Å². The molecule has 0 heterocycles. The first-order valence-corrected chi connectivity index (χ1v) is 9.39. The number of halogens is 1. The van der Waals surface area contributed by atoms with Gasteiger partial charge in [-0.25, -0.2) is 0 Å². The molecule has 3 heteroatoms. The van der Waals surface area contributed by atoms with Crippen LogP contribution >= 0.6 is 11.6 Å². The zero-order valence-corrected chi connectivity index (χ0v) is 15.3. The van der Waals surface area contributed by atoms with Crippen molar-refractivity contribution in [2.24, 2.45) is 5.73 Å². The Morgan fingerprint density at radius 3 is 2.52 bits per heavy atom. The summed E-state index contributed by atoms with van der Waals surface area (Å²) in [6, 6.07) is 18.5. The Kier molecular flexibility index (Phi) is 6.30. The Bertz CT molecular complexity index is 690. The van der Waals surface area contributed by atoms with E-state index in [4.69, 9.17) is 22.1 Å². The van der Waals surface area contributed by atoms with Crippen LogP contribution in [0.3, 0.4) is 0 Å². The molecule has 0 bridgehead atoms. The fourth-order valence-corrected chi connectivity index (χ4v) is 3.87. The summed E-state index contributed by atoms with van der Waals surface area (Å²) in [5.41, 5.74) is 8.68. The molecule has 1 aliphatic rings. The molecule has 0 unspecified atom stereocenters. The SMILES string of the molecule is NC[C@]1(c2cccc(Cl)c2)CC[C@H](OC/C=C/c2ccccc2)CC1. The Labute approximate surface area is 155 Å². The van der Waals surface area contributed by atoms with Crippen LogP contribution in [0.1, 0.15) is 36.8 Å². The van der Waals surface area contributed by atoms with Gasteiger partial charge in [0.15, 0.2) is 0 Å². The average molecular weight is 356 g/mol. The zero-order chi connectivity index (χ0) is 17.5. The highest BCUT2D eigenvalue weighted by atomic mass is 35.5. The fraction of sp³-hybridized carbons (Fsp3) is 0.364. The van der Waals surface area contributed by atoms with Gasteiger partial charge in [0.1, 0.15) is 0 Å². The third kappa shape index (κ3) is 4.72. The van der Waals surface area contributed by atoms with Gasteiger partial charge in [0.2, 0.25) is 0 Å². The lowest BCUT2D eigenvalue weighted by Gasteiger charge is -2.40. The molecule has 132 valence electrons. The molecule has 0 aliphatic heterocycles. The lowest BCUT2D eigenvalue weighted by molar-refractivity contribution is 0.0290. The van der Waals surface area contributed by atoms with E-state index in [1.54, 1.807) is 0 Å². The van der Waals surface area contributed by atoms with E-state index in [1.165, 1.54) is 11.1 Å². The highest BCUT2D eigenvalue weighted by molar-refractivity contribution is 6.30. The van der Waals surface area contributed by atoms with Gasteiger partial charge in [0.25, 0.3) is 0 Å². The smallest absolute Gasteiger partial charge is 0.0654 e. The van der Waals surface area contributed by atoms with Crippen molar-refractivity contribution in [1.29, 1.82) is 0 Å². The summed E-state index contributed by atoms with van der Waals surface area (Å²) < 4.78 is 6.05. The Morgan fingerprint density at radius 2 is 1.84 bits per heavy atom. The molecule has 1 aliphatic carbocycles. The van der Waals surface area contributed by atoms with E-state index in [9.17, 15) is 0 Å². The van der Waals surface area contributed by atoms with E-state index in [2.05, 4.69) is 36.4 Å². The molecule has 0 saturated heterocycles. The molecule has 1 saturated carbocycles. The van der Waals surface area contributed by atoms with Crippen LogP contribution < -0.4 is 5.73 Å². The molecule has 0 amide bonds. The fourth-order valence-electron chi connectivity index (χ4n) is 3.68. The minimum absolute atomic E-state index is 0.0463. The maximum atomic E-state index is 6.17. The standard InChI is InChI=1S/C22H26ClNO/c23-20-10-4-9-19(16-20)22(17-24)13-11-21(12-14-22)25-15-5-8-18-6-2-1-3-7-18/h1-10,16,21H,11-15,17,24H2/b8-5+/t21-,22-. The van der Waals surface area contributed by atoms with Crippen molar-refractivity contribution < 1.29 is 4.74 Å². The summed E-state index contributed by atoms with van der Waals surface area (Å²) in [6.07, 6.45) is 8.72. The topological polar surface area (TPSA) is 35.2 Å². The first-order chi connectivity index (χ1) is 12.2. The van der Waals surface area contributed by atoms with E-state index < -0.39 is 0 Å². The number of rotatable bonds is 6. The highest BCUT2D eigenvalue weighted by Crippen LogP contribution is 2.40. The minimum Gasteiger partial charge on any atom is -0.374 e. The van der Waals surface area contributed by atoms with Gasteiger partial charge in [-0.1, -0.05) is 66.2 Å². The Balaban J connectivity index is 1.51. The quantitative estimate of drug-likeness (QED) is 0.772. The van der Waals surface area contributed by atoms with Gasteiger partial charge in [0, 0.05) is 17.0 Å². The van der Waals surface area contributed by atoms with Crippen molar-refractivity contribution in [1.82, 2.24) is 0 Å². The lowest BCUT2D eigenvalue weighted by atomic mass is 9.69. The second kappa shape index (κ2) is 8.66. The van der Waals surface area contributed by atoms with Crippen molar-refractivity contribution in [2.75, 3.05) is 13.2 Å². The van der Waals surface area contributed by atoms with E-state index in [0.717, 1.165) is 30.7 Å². The summed E-state index contributed by atoms with van der Waals surface area (Å²) in [4.78, 5) is 0. The third-order valence-corrected chi connectivity index (χ3v) is 5.49. The molecule has 0 radical (unpaired) electrons. The predicted molar refractivity (Wildman–Crippen MR) is 106 cm³/mol. The molecule has 3 rings (SSSR count). The lowest BCUT2D eigenvalue weighted by Crippen LogP contribution is -2.40. The number of benzene rings is 2. The average Bonchev–Trinajstić information content (AvgIpc) is 2.67. The van der Waals surface area contributed by atoms with Gasteiger partial charge in [0.05, 0.1) is 12.7 Å². The molecule has 2 aromatic carbocycles. The molecule has 2 aromatic rings. The van der Waals surface area contributed by atoms with Crippen LogP contribution in [0.2, 0.25) is 5.02 Å². The van der Waals surface area contributed by atoms with Crippen LogP contribution in [0.4, 0.5) is 0 Å². The van der Waals surface area contributed by atoms with Crippen molar-refractivity contribution in [3.05, 3.63) is 76.8 Å². The van der Waals surface area contributed by atoms with E-state index >= 15 is 0 Å². The summed E-state index contributed by atoms with van der Waals surface area (Å²) in [7, 11) is 0. The van der Waals surface area contributed by atoms with Crippen molar-refractivity contribution in [3.8, 4) is 0 Å². The largest absolute Gasteiger partial charge is 0.374 e. The molecule has 2 N–H and O–H groups in total. The summed E-state index contributed by atoms with van der Waals surface area (Å²) in [5, 5.41) is 0.787. The molecular formula is C22H26ClNO. The third-order valence-electron chi connectivity index (χ3n) is 5.26. The summed E-state index contributed by atoms with van der Waals surface area (Å²) in [6.45, 7) is 1.32. The Morgan fingerprint density at radius 1 is 1.08 bits per heavy atom. The number of hydrogen-bond donors (Lipinski definition) is 1. The number of nitrogens with two attached hydrogens (primary N) is 1. The molecule has 25 heavy (non-hydrogen) atoms. The van der Waals surface area contributed by atoms with Gasteiger partial charge in [-0.05, 0) is 48.9 Å². The van der Waals surface area contributed by atoms with Crippen LogP contribution in [0, 0.1) is 0 Å². The monoisotopic (exact) mass is 355 g/mol. The van der Waals surface area contributed by atoms with Gasteiger partial charge < -0.3 is 10.5 Å². The maximum absolute atomic E-state index is 6.17. The van der Waals surface area contributed by atoms with E-state index in [0.29, 0.717) is 19.3 Å². The number of ether oxygens (including phenoxy) is 1. The van der Waals surface area contributed by atoms with Crippen molar-refractivity contribution >= 4 is 17.7 Å².